The number of aromatic nitrogens is 2. The average molecular weight is 689 g/mol. The molecule has 0 radical (unpaired) electrons. The van der Waals surface area contributed by atoms with E-state index in [-0.39, 0.29) is 42.3 Å². The lowest BCUT2D eigenvalue weighted by atomic mass is 10.0. The van der Waals surface area contributed by atoms with Crippen molar-refractivity contribution in [2.24, 2.45) is 13.0 Å². The van der Waals surface area contributed by atoms with E-state index in [0.717, 1.165) is 6.42 Å². The third-order valence-electron chi connectivity index (χ3n) is 8.20. The summed E-state index contributed by atoms with van der Waals surface area (Å²) in [6.07, 6.45) is 4.16. The van der Waals surface area contributed by atoms with Gasteiger partial charge in [0.1, 0.15) is 11.6 Å². The molecule has 1 aliphatic heterocycles. The summed E-state index contributed by atoms with van der Waals surface area (Å²) in [4.78, 5) is 32.6. The SMILES string of the molecule is C[C@@H]1CCCCO[C@@H](CN(C)S(=O)(=O)c2cn(C)cn2)[C@@H](C)CN([C@@H](C)CO)C(=O)c2cc(NC(=O)Nc3ccc(F)cc3)ccc2O1. The summed E-state index contributed by atoms with van der Waals surface area (Å²) < 4.78 is 55.2. The van der Waals surface area contributed by atoms with Gasteiger partial charge in [-0.2, -0.15) is 4.31 Å². The van der Waals surface area contributed by atoms with Crippen LogP contribution in [-0.4, -0.2) is 95.8 Å². The Morgan fingerprint density at radius 3 is 2.50 bits per heavy atom. The monoisotopic (exact) mass is 688 g/mol. The van der Waals surface area contributed by atoms with Crippen molar-refractivity contribution in [2.75, 3.05) is 44.0 Å². The number of amides is 3. The molecular weight excluding hydrogens is 643 g/mol. The van der Waals surface area contributed by atoms with E-state index < -0.39 is 39.9 Å². The summed E-state index contributed by atoms with van der Waals surface area (Å²) in [6.45, 7) is 5.68. The highest BCUT2D eigenvalue weighted by Gasteiger charge is 2.33. The highest BCUT2D eigenvalue weighted by atomic mass is 32.2. The van der Waals surface area contributed by atoms with E-state index in [4.69, 9.17) is 9.47 Å². The topological polar surface area (TPSA) is 155 Å². The third kappa shape index (κ3) is 9.52. The van der Waals surface area contributed by atoms with E-state index in [1.807, 2.05) is 13.8 Å². The molecule has 0 unspecified atom stereocenters. The summed E-state index contributed by atoms with van der Waals surface area (Å²) in [5, 5.41) is 15.4. The fourth-order valence-corrected chi connectivity index (χ4v) is 6.47. The van der Waals surface area contributed by atoms with Crippen LogP contribution in [0.5, 0.6) is 5.75 Å². The number of urea groups is 1. The minimum absolute atomic E-state index is 0.0168. The van der Waals surface area contributed by atoms with Gasteiger partial charge in [0.05, 0.1) is 36.7 Å². The summed E-state index contributed by atoms with van der Waals surface area (Å²) >= 11 is 0. The molecule has 2 heterocycles. The van der Waals surface area contributed by atoms with Crippen LogP contribution in [0.3, 0.4) is 0 Å². The molecule has 1 aromatic heterocycles. The van der Waals surface area contributed by atoms with Gasteiger partial charge in [0.25, 0.3) is 15.9 Å². The van der Waals surface area contributed by atoms with Crippen LogP contribution in [0.4, 0.5) is 20.6 Å². The standard InChI is InChI=1S/C33H45FN6O7S/c1-22-17-40(23(2)20-41)32(42)28-16-27(37-33(43)36-26-11-9-25(34)10-12-26)13-14-29(28)47-24(3)8-6-7-15-46-30(22)18-39(5)48(44,45)31-19-38(4)21-35-31/h9-14,16,19,21-24,30,41H,6-8,15,17-18,20H2,1-5H3,(H2,36,37,43)/t22-,23-,24+,30-/m0/s1. The molecule has 15 heteroatoms. The highest BCUT2D eigenvalue weighted by molar-refractivity contribution is 7.89. The maximum Gasteiger partial charge on any atom is 0.323 e. The van der Waals surface area contributed by atoms with Crippen LogP contribution in [0.2, 0.25) is 0 Å². The van der Waals surface area contributed by atoms with Gasteiger partial charge in [-0.1, -0.05) is 6.92 Å². The van der Waals surface area contributed by atoms with Crippen LogP contribution in [0.25, 0.3) is 0 Å². The number of sulfonamides is 1. The number of hydrogen-bond acceptors (Lipinski definition) is 8. The number of carbonyl (C=O) groups is 2. The number of benzene rings is 2. The van der Waals surface area contributed by atoms with Gasteiger partial charge in [0.15, 0.2) is 5.03 Å². The number of aryl methyl sites for hydroxylation is 1. The predicted octanol–water partition coefficient (Wildman–Crippen LogP) is 4.32. The normalized spacial score (nSPS) is 20.4. The fraction of sp³-hybridized carbons (Fsp3) is 0.485. The number of hydrogen-bond donors (Lipinski definition) is 3. The van der Waals surface area contributed by atoms with Crippen molar-refractivity contribution in [1.82, 2.24) is 18.8 Å². The Morgan fingerprint density at radius 2 is 1.83 bits per heavy atom. The molecular formula is C33H45FN6O7S. The number of imidazole rings is 1. The van der Waals surface area contributed by atoms with E-state index in [1.54, 1.807) is 30.7 Å². The number of carbonyl (C=O) groups excluding carboxylic acids is 2. The minimum atomic E-state index is -3.90. The van der Waals surface area contributed by atoms with Crippen LogP contribution < -0.4 is 15.4 Å². The Morgan fingerprint density at radius 1 is 1.15 bits per heavy atom. The second-order valence-electron chi connectivity index (χ2n) is 12.3. The number of nitrogens with one attached hydrogen (secondary N) is 2. The first-order valence-electron chi connectivity index (χ1n) is 15.9. The zero-order valence-corrected chi connectivity index (χ0v) is 28.7. The number of anilines is 2. The molecule has 4 rings (SSSR count). The molecule has 0 fully saturated rings. The summed E-state index contributed by atoms with van der Waals surface area (Å²) in [5.41, 5.74) is 0.872. The Balaban J connectivity index is 1.62. The molecule has 48 heavy (non-hydrogen) atoms. The molecule has 13 nitrogen and oxygen atoms in total. The first-order valence-corrected chi connectivity index (χ1v) is 17.3. The molecule has 4 atom stereocenters. The third-order valence-corrected chi connectivity index (χ3v) is 9.91. The van der Waals surface area contributed by atoms with Crippen LogP contribution in [-0.2, 0) is 21.8 Å². The number of fused-ring (bicyclic) bond motifs is 1. The Hall–Kier alpha value is -4.05. The van der Waals surface area contributed by atoms with Gasteiger partial charge in [-0.25, -0.2) is 22.6 Å². The van der Waals surface area contributed by atoms with E-state index in [2.05, 4.69) is 15.6 Å². The molecule has 2 aromatic carbocycles. The second-order valence-corrected chi connectivity index (χ2v) is 14.3. The zero-order valence-electron chi connectivity index (χ0n) is 27.9. The number of likely N-dealkylation sites (N-methyl/N-ethyl adjacent to an activating group) is 1. The van der Waals surface area contributed by atoms with Crippen molar-refractivity contribution >= 4 is 33.3 Å². The zero-order chi connectivity index (χ0) is 35.0. The number of aliphatic hydroxyl groups excluding tert-OH is 1. The maximum atomic E-state index is 14.3. The Kier molecular flexibility index (Phi) is 12.5. The molecule has 262 valence electrons. The summed E-state index contributed by atoms with van der Waals surface area (Å²) in [6, 6.07) is 8.85. The molecule has 3 amide bonds. The van der Waals surface area contributed by atoms with Crippen molar-refractivity contribution in [1.29, 1.82) is 0 Å². The molecule has 3 aromatic rings. The summed E-state index contributed by atoms with van der Waals surface area (Å²) in [5.74, 6) is -0.919. The Labute approximate surface area is 281 Å². The second kappa shape index (κ2) is 16.4. The minimum Gasteiger partial charge on any atom is -0.490 e. The van der Waals surface area contributed by atoms with Gasteiger partial charge in [0.2, 0.25) is 0 Å². The molecule has 0 saturated carbocycles. The van der Waals surface area contributed by atoms with Gasteiger partial charge < -0.3 is 34.7 Å². The van der Waals surface area contributed by atoms with E-state index in [9.17, 15) is 27.5 Å². The van der Waals surface area contributed by atoms with Crippen molar-refractivity contribution in [3.05, 3.63) is 66.4 Å². The molecule has 0 saturated heterocycles. The van der Waals surface area contributed by atoms with Crippen molar-refractivity contribution < 1.29 is 37.0 Å². The molecule has 0 aliphatic carbocycles. The van der Waals surface area contributed by atoms with Gasteiger partial charge in [0, 0.05) is 57.3 Å². The first kappa shape index (κ1) is 36.8. The van der Waals surface area contributed by atoms with Crippen LogP contribution in [0.15, 0.2) is 60.0 Å². The van der Waals surface area contributed by atoms with Crippen molar-refractivity contribution in [2.45, 2.75) is 63.3 Å². The highest BCUT2D eigenvalue weighted by Crippen LogP contribution is 2.29. The molecule has 3 N–H and O–H groups in total. The van der Waals surface area contributed by atoms with Crippen LogP contribution in [0.1, 0.15) is 50.4 Å². The number of aliphatic hydroxyl groups is 1. The number of nitrogens with zero attached hydrogens (tertiary/aromatic N) is 4. The number of ether oxygens (including phenoxy) is 2. The van der Waals surface area contributed by atoms with Gasteiger partial charge >= 0.3 is 6.03 Å². The van der Waals surface area contributed by atoms with E-state index in [0.29, 0.717) is 36.6 Å². The lowest BCUT2D eigenvalue weighted by Gasteiger charge is -2.35. The molecule has 1 aliphatic rings. The van der Waals surface area contributed by atoms with Gasteiger partial charge in [-0.05, 0) is 75.6 Å². The fourth-order valence-electron chi connectivity index (χ4n) is 5.32. The van der Waals surface area contributed by atoms with Crippen molar-refractivity contribution in [3.8, 4) is 5.75 Å². The number of halogens is 1. The smallest absolute Gasteiger partial charge is 0.323 e. The quantitative estimate of drug-likeness (QED) is 0.316. The van der Waals surface area contributed by atoms with Crippen LogP contribution in [0, 0.1) is 11.7 Å². The summed E-state index contributed by atoms with van der Waals surface area (Å²) in [7, 11) is -0.741. The van der Waals surface area contributed by atoms with Crippen LogP contribution >= 0.6 is 0 Å². The largest absolute Gasteiger partial charge is 0.490 e. The van der Waals surface area contributed by atoms with E-state index >= 15 is 0 Å². The first-order chi connectivity index (χ1) is 22.8. The van der Waals surface area contributed by atoms with Crippen molar-refractivity contribution in [3.63, 3.8) is 0 Å². The average Bonchev–Trinajstić information content (AvgIpc) is 3.50. The van der Waals surface area contributed by atoms with E-state index in [1.165, 1.54) is 59.1 Å². The van der Waals surface area contributed by atoms with Gasteiger partial charge in [-0.3, -0.25) is 4.79 Å². The number of rotatable bonds is 8. The predicted molar refractivity (Wildman–Crippen MR) is 179 cm³/mol. The Bertz CT molecular complexity index is 1650. The maximum absolute atomic E-state index is 14.3. The molecule has 0 spiro atoms. The lowest BCUT2D eigenvalue weighted by molar-refractivity contribution is -0.00835. The van der Waals surface area contributed by atoms with Gasteiger partial charge in [-0.15, -0.1) is 0 Å². The molecule has 0 bridgehead atoms. The lowest BCUT2D eigenvalue weighted by Crippen LogP contribution is -2.48.